The second-order valence-corrected chi connectivity index (χ2v) is 5.17. The van der Waals surface area contributed by atoms with E-state index in [2.05, 4.69) is 0 Å². The molecule has 0 radical (unpaired) electrons. The van der Waals surface area contributed by atoms with Gasteiger partial charge in [-0.15, -0.1) is 0 Å². The molecule has 0 bridgehead atoms. The monoisotopic (exact) mass is 312 g/mol. The Labute approximate surface area is 132 Å². The molecule has 1 heterocycles. The van der Waals surface area contributed by atoms with Gasteiger partial charge >= 0.3 is 0 Å². The molecule has 0 aliphatic rings. The minimum Gasteiger partial charge on any atom is -0.493 e. The number of ether oxygens (including phenoxy) is 1. The number of halogens is 1. The highest BCUT2D eigenvalue weighted by Crippen LogP contribution is 2.28. The van der Waals surface area contributed by atoms with Gasteiger partial charge in [0, 0.05) is 10.4 Å². The number of rotatable bonds is 4. The van der Waals surface area contributed by atoms with Crippen molar-refractivity contribution >= 4 is 34.4 Å². The van der Waals surface area contributed by atoms with E-state index in [-0.39, 0.29) is 11.5 Å². The number of hydrogen-bond donors (Lipinski definition) is 0. The molecular formula is C18H13ClO3. The highest BCUT2D eigenvalue weighted by Gasteiger charge is 2.12. The second-order valence-electron chi connectivity index (χ2n) is 4.74. The van der Waals surface area contributed by atoms with Crippen molar-refractivity contribution in [1.82, 2.24) is 0 Å². The zero-order chi connectivity index (χ0) is 15.5. The number of carbonyl (C=O) groups excluding carboxylic acids is 1. The fourth-order valence-electron chi connectivity index (χ4n) is 2.15. The zero-order valence-corrected chi connectivity index (χ0v) is 12.6. The minimum absolute atomic E-state index is 0.201. The van der Waals surface area contributed by atoms with Crippen molar-refractivity contribution in [3.8, 4) is 5.75 Å². The van der Waals surface area contributed by atoms with Gasteiger partial charge in [0.2, 0.25) is 5.78 Å². The summed E-state index contributed by atoms with van der Waals surface area (Å²) in [5, 5.41) is 1.50. The molecule has 0 N–H and O–H groups in total. The first-order valence-corrected chi connectivity index (χ1v) is 7.10. The molecule has 3 aromatic rings. The fraction of sp³-hybridized carbons (Fsp3) is 0.0556. The third kappa shape index (κ3) is 2.90. The molecule has 3 nitrogen and oxygen atoms in total. The average Bonchev–Trinajstić information content (AvgIpc) is 2.98. The number of methoxy groups -OCH3 is 1. The summed E-state index contributed by atoms with van der Waals surface area (Å²) in [7, 11) is 1.57. The Hall–Kier alpha value is -2.52. The summed E-state index contributed by atoms with van der Waals surface area (Å²) >= 11 is 5.83. The molecule has 0 aliphatic heterocycles. The van der Waals surface area contributed by atoms with Crippen LogP contribution in [0.1, 0.15) is 16.1 Å². The third-order valence-electron chi connectivity index (χ3n) is 3.27. The Balaban J connectivity index is 1.87. The first kappa shape index (κ1) is 14.4. The first-order valence-electron chi connectivity index (χ1n) is 6.72. The molecule has 22 heavy (non-hydrogen) atoms. The number of carbonyl (C=O) groups is 1. The van der Waals surface area contributed by atoms with Gasteiger partial charge in [-0.25, -0.2) is 0 Å². The van der Waals surface area contributed by atoms with Gasteiger partial charge in [0.05, 0.1) is 7.11 Å². The number of ketones is 1. The quantitative estimate of drug-likeness (QED) is 0.503. The minimum atomic E-state index is -0.201. The molecule has 110 valence electrons. The number of furan rings is 1. The SMILES string of the molecule is COc1cccc2cc(C(=O)C=Cc3ccc(Cl)cc3)oc12. The van der Waals surface area contributed by atoms with E-state index in [1.807, 2.05) is 24.3 Å². The maximum atomic E-state index is 12.2. The van der Waals surface area contributed by atoms with Gasteiger partial charge in [-0.05, 0) is 35.9 Å². The van der Waals surface area contributed by atoms with Crippen LogP contribution in [0.3, 0.4) is 0 Å². The van der Waals surface area contributed by atoms with Crippen molar-refractivity contribution in [3.63, 3.8) is 0 Å². The molecule has 2 aromatic carbocycles. The van der Waals surface area contributed by atoms with Gasteiger partial charge in [0.1, 0.15) is 0 Å². The van der Waals surface area contributed by atoms with E-state index in [4.69, 9.17) is 20.8 Å². The number of hydrogen-bond acceptors (Lipinski definition) is 3. The highest BCUT2D eigenvalue weighted by atomic mass is 35.5. The van der Waals surface area contributed by atoms with E-state index >= 15 is 0 Å². The maximum absolute atomic E-state index is 12.2. The summed E-state index contributed by atoms with van der Waals surface area (Å²) in [5.74, 6) is 0.691. The zero-order valence-electron chi connectivity index (χ0n) is 11.9. The Bertz CT molecular complexity index is 844. The van der Waals surface area contributed by atoms with Crippen LogP contribution in [0.2, 0.25) is 5.02 Å². The lowest BCUT2D eigenvalue weighted by Gasteiger charge is -1.98. The lowest BCUT2D eigenvalue weighted by atomic mass is 10.1. The highest BCUT2D eigenvalue weighted by molar-refractivity contribution is 6.30. The van der Waals surface area contributed by atoms with Crippen LogP contribution in [-0.2, 0) is 0 Å². The Morgan fingerprint density at radius 3 is 2.68 bits per heavy atom. The van der Waals surface area contributed by atoms with Crippen LogP contribution in [0.5, 0.6) is 5.75 Å². The molecule has 4 heteroatoms. The molecule has 0 aliphatic carbocycles. The molecule has 0 spiro atoms. The van der Waals surface area contributed by atoms with Gasteiger partial charge in [-0.3, -0.25) is 4.79 Å². The summed E-state index contributed by atoms with van der Waals surface area (Å²) in [6.07, 6.45) is 3.20. The second kappa shape index (κ2) is 6.08. The molecule has 0 saturated heterocycles. The molecule has 0 amide bonds. The number of para-hydroxylation sites is 1. The van der Waals surface area contributed by atoms with Gasteiger partial charge in [-0.2, -0.15) is 0 Å². The maximum Gasteiger partial charge on any atom is 0.221 e. The van der Waals surface area contributed by atoms with Crippen molar-refractivity contribution in [2.24, 2.45) is 0 Å². The summed E-state index contributed by atoms with van der Waals surface area (Å²) in [6.45, 7) is 0. The van der Waals surface area contributed by atoms with E-state index < -0.39 is 0 Å². The molecule has 0 saturated carbocycles. The summed E-state index contributed by atoms with van der Waals surface area (Å²) in [5.41, 5.74) is 1.47. The van der Waals surface area contributed by atoms with Crippen LogP contribution < -0.4 is 4.74 Å². The van der Waals surface area contributed by atoms with Crippen LogP contribution >= 0.6 is 11.6 Å². The van der Waals surface area contributed by atoms with Crippen LogP contribution in [0.4, 0.5) is 0 Å². The van der Waals surface area contributed by atoms with Crippen LogP contribution in [0, 0.1) is 0 Å². The smallest absolute Gasteiger partial charge is 0.221 e. The van der Waals surface area contributed by atoms with Crippen LogP contribution in [0.25, 0.3) is 17.0 Å². The van der Waals surface area contributed by atoms with Crippen LogP contribution in [0.15, 0.2) is 59.0 Å². The molecule has 1 aromatic heterocycles. The Morgan fingerprint density at radius 2 is 1.95 bits per heavy atom. The molecular weight excluding hydrogens is 300 g/mol. The lowest BCUT2D eigenvalue weighted by molar-refractivity contribution is 0.102. The van der Waals surface area contributed by atoms with E-state index in [0.29, 0.717) is 16.4 Å². The van der Waals surface area contributed by atoms with E-state index in [9.17, 15) is 4.79 Å². The lowest BCUT2D eigenvalue weighted by Crippen LogP contribution is -1.90. The first-order chi connectivity index (χ1) is 10.7. The molecule has 0 unspecified atom stereocenters. The Kier molecular flexibility index (Phi) is 3.98. The van der Waals surface area contributed by atoms with Crippen LogP contribution in [-0.4, -0.2) is 12.9 Å². The number of fused-ring (bicyclic) bond motifs is 1. The van der Waals surface area contributed by atoms with Crippen molar-refractivity contribution in [3.05, 3.63) is 71.0 Å². The van der Waals surface area contributed by atoms with E-state index in [1.54, 1.807) is 37.5 Å². The summed E-state index contributed by atoms with van der Waals surface area (Å²) in [6, 6.07) is 14.5. The summed E-state index contributed by atoms with van der Waals surface area (Å²) in [4.78, 5) is 12.2. The predicted molar refractivity (Wildman–Crippen MR) is 87.6 cm³/mol. The normalized spacial score (nSPS) is 11.2. The molecule has 3 rings (SSSR count). The average molecular weight is 313 g/mol. The van der Waals surface area contributed by atoms with Gasteiger partial charge in [0.25, 0.3) is 0 Å². The van der Waals surface area contributed by atoms with Crippen molar-refractivity contribution in [2.45, 2.75) is 0 Å². The predicted octanol–water partition coefficient (Wildman–Crippen LogP) is 4.99. The van der Waals surface area contributed by atoms with Crippen molar-refractivity contribution in [1.29, 1.82) is 0 Å². The molecule has 0 fully saturated rings. The number of benzene rings is 2. The van der Waals surface area contributed by atoms with Gasteiger partial charge < -0.3 is 9.15 Å². The Morgan fingerprint density at radius 1 is 1.18 bits per heavy atom. The standard InChI is InChI=1S/C18H13ClO3/c1-21-16-4-2-3-13-11-17(22-18(13)16)15(20)10-7-12-5-8-14(19)9-6-12/h2-11H,1H3. The topological polar surface area (TPSA) is 39.4 Å². The van der Waals surface area contributed by atoms with Gasteiger partial charge in [0.15, 0.2) is 17.1 Å². The van der Waals surface area contributed by atoms with E-state index in [1.165, 1.54) is 6.08 Å². The van der Waals surface area contributed by atoms with Gasteiger partial charge in [-0.1, -0.05) is 41.9 Å². The third-order valence-corrected chi connectivity index (χ3v) is 3.52. The fourth-order valence-corrected chi connectivity index (χ4v) is 2.27. The summed E-state index contributed by atoms with van der Waals surface area (Å²) < 4.78 is 10.8. The number of allylic oxidation sites excluding steroid dienone is 1. The van der Waals surface area contributed by atoms with Crippen molar-refractivity contribution in [2.75, 3.05) is 7.11 Å². The molecule has 0 atom stereocenters. The largest absolute Gasteiger partial charge is 0.493 e. The van der Waals surface area contributed by atoms with E-state index in [0.717, 1.165) is 10.9 Å². The van der Waals surface area contributed by atoms with Crippen molar-refractivity contribution < 1.29 is 13.9 Å².